The molecule has 0 N–H and O–H groups in total. The van der Waals surface area contributed by atoms with Gasteiger partial charge in [0.1, 0.15) is 0 Å². The highest BCUT2D eigenvalue weighted by molar-refractivity contribution is 5.30. The Morgan fingerprint density at radius 2 is 2.09 bits per heavy atom. The van der Waals surface area contributed by atoms with Crippen LogP contribution in [0, 0.1) is 0 Å². The van der Waals surface area contributed by atoms with Gasteiger partial charge < -0.3 is 0 Å². The molecule has 11 heavy (non-hydrogen) atoms. The Hall–Kier alpha value is -0.850. The minimum Gasteiger partial charge on any atom is -0.273 e. The Bertz CT molecular complexity index is 199. The molecule has 0 aromatic carbocycles. The first kappa shape index (κ1) is 8.25. The summed E-state index contributed by atoms with van der Waals surface area (Å²) in [7, 11) is 0. The SMILES string of the molecule is C=N/C=C\C1=C(C)CCCC1. The van der Waals surface area contributed by atoms with Crippen LogP contribution in [-0.2, 0) is 0 Å². The molecule has 0 amide bonds. The summed E-state index contributed by atoms with van der Waals surface area (Å²) in [4.78, 5) is 3.70. The van der Waals surface area contributed by atoms with Crippen molar-refractivity contribution in [2.45, 2.75) is 32.6 Å². The molecule has 0 aliphatic heterocycles. The van der Waals surface area contributed by atoms with Gasteiger partial charge in [-0.3, -0.25) is 4.99 Å². The van der Waals surface area contributed by atoms with Crippen molar-refractivity contribution < 1.29 is 0 Å². The lowest BCUT2D eigenvalue weighted by Gasteiger charge is -2.13. The van der Waals surface area contributed by atoms with Crippen molar-refractivity contribution in [1.29, 1.82) is 0 Å². The summed E-state index contributed by atoms with van der Waals surface area (Å²) in [6, 6.07) is 0. The van der Waals surface area contributed by atoms with Crippen LogP contribution in [0.1, 0.15) is 32.6 Å². The summed E-state index contributed by atoms with van der Waals surface area (Å²) in [5.41, 5.74) is 2.99. The Balaban J connectivity index is 2.66. The molecule has 60 valence electrons. The summed E-state index contributed by atoms with van der Waals surface area (Å²) in [5, 5.41) is 0. The van der Waals surface area contributed by atoms with Crippen LogP contribution >= 0.6 is 0 Å². The fraction of sp³-hybridized carbons (Fsp3) is 0.500. The van der Waals surface area contributed by atoms with Gasteiger partial charge in [-0.1, -0.05) is 5.57 Å². The minimum absolute atomic E-state index is 1.22. The molecule has 1 nitrogen and oxygen atoms in total. The summed E-state index contributed by atoms with van der Waals surface area (Å²) < 4.78 is 0. The number of rotatable bonds is 2. The molecule has 0 atom stereocenters. The topological polar surface area (TPSA) is 12.4 Å². The van der Waals surface area contributed by atoms with Gasteiger partial charge in [-0.2, -0.15) is 0 Å². The van der Waals surface area contributed by atoms with Crippen molar-refractivity contribution in [3.05, 3.63) is 23.4 Å². The van der Waals surface area contributed by atoms with Crippen molar-refractivity contribution in [3.8, 4) is 0 Å². The van der Waals surface area contributed by atoms with E-state index in [1.807, 2.05) is 0 Å². The Labute approximate surface area is 68.5 Å². The summed E-state index contributed by atoms with van der Waals surface area (Å²) in [6.07, 6.45) is 9.03. The second-order valence-corrected chi connectivity index (χ2v) is 3.01. The van der Waals surface area contributed by atoms with E-state index in [1.54, 1.807) is 6.20 Å². The van der Waals surface area contributed by atoms with Gasteiger partial charge in [0.25, 0.3) is 0 Å². The number of aliphatic imine (C=N–C) groups is 1. The van der Waals surface area contributed by atoms with Gasteiger partial charge in [0.05, 0.1) is 0 Å². The van der Waals surface area contributed by atoms with Crippen molar-refractivity contribution in [3.63, 3.8) is 0 Å². The summed E-state index contributed by atoms with van der Waals surface area (Å²) in [5.74, 6) is 0. The van der Waals surface area contributed by atoms with Crippen LogP contribution in [0.2, 0.25) is 0 Å². The summed E-state index contributed by atoms with van der Waals surface area (Å²) in [6.45, 7) is 5.62. The maximum absolute atomic E-state index is 3.70. The van der Waals surface area contributed by atoms with Crippen LogP contribution in [0.25, 0.3) is 0 Å². The van der Waals surface area contributed by atoms with Gasteiger partial charge in [-0.25, -0.2) is 0 Å². The third kappa shape index (κ3) is 2.34. The zero-order valence-electron chi connectivity index (χ0n) is 7.14. The van der Waals surface area contributed by atoms with Gasteiger partial charge in [0, 0.05) is 6.20 Å². The average Bonchev–Trinajstić information content (AvgIpc) is 2.03. The maximum Gasteiger partial charge on any atom is 0.0263 e. The first-order valence-corrected chi connectivity index (χ1v) is 4.15. The molecular weight excluding hydrogens is 134 g/mol. The van der Waals surface area contributed by atoms with Gasteiger partial charge in [-0.15, -0.1) is 0 Å². The molecule has 0 saturated heterocycles. The fourth-order valence-corrected chi connectivity index (χ4v) is 1.45. The molecule has 0 heterocycles. The fourth-order valence-electron chi connectivity index (χ4n) is 1.45. The Morgan fingerprint density at radius 3 is 2.73 bits per heavy atom. The highest BCUT2D eigenvalue weighted by Gasteiger charge is 2.05. The zero-order chi connectivity index (χ0) is 8.10. The van der Waals surface area contributed by atoms with Crippen molar-refractivity contribution in [2.75, 3.05) is 0 Å². The minimum atomic E-state index is 1.22. The number of hydrogen-bond donors (Lipinski definition) is 0. The standard InChI is InChI=1S/C10H15N/c1-9-5-3-4-6-10(9)7-8-11-2/h7-8H,2-6H2,1H3/b8-7-. The molecule has 0 radical (unpaired) electrons. The van der Waals surface area contributed by atoms with Crippen molar-refractivity contribution >= 4 is 6.72 Å². The van der Waals surface area contributed by atoms with Gasteiger partial charge in [0.2, 0.25) is 0 Å². The third-order valence-corrected chi connectivity index (χ3v) is 2.18. The molecule has 0 aromatic rings. The largest absolute Gasteiger partial charge is 0.273 e. The molecule has 0 aromatic heterocycles. The van der Waals surface area contributed by atoms with E-state index in [1.165, 1.54) is 36.8 Å². The predicted molar refractivity (Wildman–Crippen MR) is 49.9 cm³/mol. The quantitative estimate of drug-likeness (QED) is 0.535. The van der Waals surface area contributed by atoms with Gasteiger partial charge in [0.15, 0.2) is 0 Å². The first-order chi connectivity index (χ1) is 5.34. The van der Waals surface area contributed by atoms with E-state index >= 15 is 0 Å². The zero-order valence-corrected chi connectivity index (χ0v) is 7.14. The van der Waals surface area contributed by atoms with Crippen LogP contribution in [-0.4, -0.2) is 6.72 Å². The van der Waals surface area contributed by atoms with E-state index < -0.39 is 0 Å². The van der Waals surface area contributed by atoms with Crippen LogP contribution in [0.4, 0.5) is 0 Å². The average molecular weight is 149 g/mol. The van der Waals surface area contributed by atoms with E-state index in [4.69, 9.17) is 0 Å². The van der Waals surface area contributed by atoms with Crippen LogP contribution in [0.15, 0.2) is 28.4 Å². The van der Waals surface area contributed by atoms with Crippen molar-refractivity contribution in [1.82, 2.24) is 0 Å². The number of allylic oxidation sites excluding steroid dienone is 3. The van der Waals surface area contributed by atoms with E-state index in [2.05, 4.69) is 24.7 Å². The molecule has 0 spiro atoms. The maximum atomic E-state index is 3.70. The molecule has 0 fully saturated rings. The number of nitrogens with zero attached hydrogens (tertiary/aromatic N) is 1. The predicted octanol–water partition coefficient (Wildman–Crippen LogP) is 3.09. The smallest absolute Gasteiger partial charge is 0.0263 e. The Kier molecular flexibility index (Phi) is 3.09. The normalized spacial score (nSPS) is 19.4. The Morgan fingerprint density at radius 1 is 1.36 bits per heavy atom. The van der Waals surface area contributed by atoms with E-state index in [0.29, 0.717) is 0 Å². The lowest BCUT2D eigenvalue weighted by Crippen LogP contribution is -1.94. The highest BCUT2D eigenvalue weighted by atomic mass is 14.6. The van der Waals surface area contributed by atoms with Gasteiger partial charge in [-0.05, 0) is 51.0 Å². The van der Waals surface area contributed by atoms with Crippen LogP contribution < -0.4 is 0 Å². The molecule has 1 rings (SSSR count). The molecular formula is C10H15N. The summed E-state index contributed by atoms with van der Waals surface area (Å²) >= 11 is 0. The molecule has 0 bridgehead atoms. The van der Waals surface area contributed by atoms with E-state index in [9.17, 15) is 0 Å². The molecule has 0 unspecified atom stereocenters. The highest BCUT2D eigenvalue weighted by Crippen LogP contribution is 2.24. The molecule has 1 aliphatic carbocycles. The lowest BCUT2D eigenvalue weighted by atomic mass is 9.93. The van der Waals surface area contributed by atoms with Gasteiger partial charge >= 0.3 is 0 Å². The monoisotopic (exact) mass is 149 g/mol. The molecule has 0 saturated carbocycles. The second-order valence-electron chi connectivity index (χ2n) is 3.01. The number of hydrogen-bond acceptors (Lipinski definition) is 1. The molecule has 1 aliphatic rings. The van der Waals surface area contributed by atoms with E-state index in [0.717, 1.165) is 0 Å². The third-order valence-electron chi connectivity index (χ3n) is 2.18. The van der Waals surface area contributed by atoms with E-state index in [-0.39, 0.29) is 0 Å². The first-order valence-electron chi connectivity index (χ1n) is 4.15. The second kappa shape index (κ2) is 4.12. The lowest BCUT2D eigenvalue weighted by molar-refractivity contribution is 0.683. The van der Waals surface area contributed by atoms with Crippen LogP contribution in [0.3, 0.4) is 0 Å². The van der Waals surface area contributed by atoms with Crippen molar-refractivity contribution in [2.24, 2.45) is 4.99 Å². The van der Waals surface area contributed by atoms with Crippen LogP contribution in [0.5, 0.6) is 0 Å². The molecule has 1 heteroatoms.